The van der Waals surface area contributed by atoms with Crippen molar-refractivity contribution < 1.29 is 0 Å². The van der Waals surface area contributed by atoms with E-state index in [2.05, 4.69) is 5.10 Å². The van der Waals surface area contributed by atoms with Gasteiger partial charge in [0, 0.05) is 22.8 Å². The van der Waals surface area contributed by atoms with Crippen molar-refractivity contribution in [2.45, 2.75) is 27.3 Å². The molecule has 0 radical (unpaired) electrons. The summed E-state index contributed by atoms with van der Waals surface area (Å²) in [5.74, 6) is 0. The van der Waals surface area contributed by atoms with Crippen LogP contribution in [0.3, 0.4) is 0 Å². The van der Waals surface area contributed by atoms with Crippen molar-refractivity contribution in [1.82, 2.24) is 9.78 Å². The highest BCUT2D eigenvalue weighted by Gasteiger charge is 2.12. The van der Waals surface area contributed by atoms with Crippen molar-refractivity contribution in [1.29, 1.82) is 0 Å². The third-order valence-electron chi connectivity index (χ3n) is 3.03. The smallest absolute Gasteiger partial charge is 0.0679 e. The summed E-state index contributed by atoms with van der Waals surface area (Å²) in [5, 5.41) is 5.28. The van der Waals surface area contributed by atoms with E-state index in [-0.39, 0.29) is 0 Å². The predicted molar refractivity (Wildman–Crippen MR) is 70.7 cm³/mol. The summed E-state index contributed by atoms with van der Waals surface area (Å²) >= 11 is 5.96. The van der Waals surface area contributed by atoms with Crippen LogP contribution < -0.4 is 5.73 Å². The van der Waals surface area contributed by atoms with E-state index in [1.54, 1.807) is 0 Å². The standard InChI is InChI=1S/C13H16ClN3/c1-8-6-11(14)4-5-13(8)17-10(3)12(7-15)9(2)16-17/h4-6H,7,15H2,1-3H3. The SMILES string of the molecule is Cc1cc(Cl)ccc1-n1nc(C)c(CN)c1C. The predicted octanol–water partition coefficient (Wildman–Crippen LogP) is 2.91. The number of nitrogens with two attached hydrogens (primary N) is 1. The largest absolute Gasteiger partial charge is 0.326 e. The summed E-state index contributed by atoms with van der Waals surface area (Å²) < 4.78 is 1.93. The van der Waals surface area contributed by atoms with E-state index in [0.717, 1.165) is 33.2 Å². The highest BCUT2D eigenvalue weighted by Crippen LogP contribution is 2.22. The second kappa shape index (κ2) is 4.51. The van der Waals surface area contributed by atoms with Gasteiger partial charge >= 0.3 is 0 Å². The van der Waals surface area contributed by atoms with E-state index in [4.69, 9.17) is 17.3 Å². The van der Waals surface area contributed by atoms with Gasteiger partial charge in [0.1, 0.15) is 0 Å². The molecule has 3 nitrogen and oxygen atoms in total. The number of aromatic nitrogens is 2. The van der Waals surface area contributed by atoms with E-state index in [9.17, 15) is 0 Å². The number of hydrogen-bond donors (Lipinski definition) is 1. The second-order valence-corrected chi connectivity index (χ2v) is 4.63. The Balaban J connectivity index is 2.61. The first-order valence-electron chi connectivity index (χ1n) is 5.56. The number of rotatable bonds is 2. The Morgan fingerprint density at radius 3 is 2.53 bits per heavy atom. The molecule has 2 N–H and O–H groups in total. The van der Waals surface area contributed by atoms with Gasteiger partial charge in [-0.2, -0.15) is 5.10 Å². The van der Waals surface area contributed by atoms with Gasteiger partial charge in [-0.25, -0.2) is 4.68 Å². The molecule has 90 valence electrons. The number of hydrogen-bond acceptors (Lipinski definition) is 2. The molecule has 1 aromatic carbocycles. The average molecular weight is 250 g/mol. The first kappa shape index (κ1) is 12.1. The third-order valence-corrected chi connectivity index (χ3v) is 3.27. The fourth-order valence-corrected chi connectivity index (χ4v) is 2.29. The molecule has 1 heterocycles. The summed E-state index contributed by atoms with van der Waals surface area (Å²) in [6, 6.07) is 5.80. The molecule has 0 fully saturated rings. The van der Waals surface area contributed by atoms with Gasteiger partial charge in [-0.3, -0.25) is 0 Å². The Bertz CT molecular complexity index is 558. The van der Waals surface area contributed by atoms with E-state index >= 15 is 0 Å². The van der Waals surface area contributed by atoms with E-state index in [1.165, 1.54) is 0 Å². The zero-order valence-corrected chi connectivity index (χ0v) is 11.0. The average Bonchev–Trinajstić information content (AvgIpc) is 2.54. The summed E-state index contributed by atoms with van der Waals surface area (Å²) in [6.45, 7) is 6.57. The fraction of sp³-hybridized carbons (Fsp3) is 0.308. The molecule has 4 heteroatoms. The molecule has 0 atom stereocenters. The first-order valence-corrected chi connectivity index (χ1v) is 5.94. The zero-order valence-electron chi connectivity index (χ0n) is 10.3. The summed E-state index contributed by atoms with van der Waals surface area (Å²) in [5.41, 5.74) is 11.1. The monoisotopic (exact) mass is 249 g/mol. The molecule has 17 heavy (non-hydrogen) atoms. The van der Waals surface area contributed by atoms with Gasteiger partial charge < -0.3 is 5.73 Å². The third kappa shape index (κ3) is 2.08. The summed E-state index contributed by atoms with van der Waals surface area (Å²) in [7, 11) is 0. The Labute approximate surface area is 106 Å². The van der Waals surface area contributed by atoms with Crippen LogP contribution in [0.15, 0.2) is 18.2 Å². The Hall–Kier alpha value is -1.32. The zero-order chi connectivity index (χ0) is 12.6. The van der Waals surface area contributed by atoms with Gasteiger partial charge in [-0.05, 0) is 44.5 Å². The molecule has 0 amide bonds. The maximum Gasteiger partial charge on any atom is 0.0679 e. The van der Waals surface area contributed by atoms with Crippen molar-refractivity contribution >= 4 is 11.6 Å². The lowest BCUT2D eigenvalue weighted by Crippen LogP contribution is -2.03. The van der Waals surface area contributed by atoms with Crippen LogP contribution in [0.5, 0.6) is 0 Å². The van der Waals surface area contributed by atoms with Gasteiger partial charge in [0.2, 0.25) is 0 Å². The summed E-state index contributed by atoms with van der Waals surface area (Å²) in [6.07, 6.45) is 0. The van der Waals surface area contributed by atoms with Gasteiger partial charge in [0.05, 0.1) is 11.4 Å². The molecule has 0 aliphatic carbocycles. The van der Waals surface area contributed by atoms with Crippen LogP contribution in [0.2, 0.25) is 5.02 Å². The second-order valence-electron chi connectivity index (χ2n) is 4.20. The van der Waals surface area contributed by atoms with Gasteiger partial charge in [0.15, 0.2) is 0 Å². The molecule has 0 unspecified atom stereocenters. The lowest BCUT2D eigenvalue weighted by molar-refractivity contribution is 0.826. The Kier molecular flexibility index (Phi) is 3.22. The minimum Gasteiger partial charge on any atom is -0.326 e. The van der Waals surface area contributed by atoms with Crippen LogP contribution in [-0.4, -0.2) is 9.78 Å². The minimum absolute atomic E-state index is 0.518. The van der Waals surface area contributed by atoms with E-state index in [1.807, 2.05) is 43.7 Å². The fourth-order valence-electron chi connectivity index (χ4n) is 2.06. The number of aryl methyl sites for hydroxylation is 2. The van der Waals surface area contributed by atoms with Gasteiger partial charge in [-0.15, -0.1) is 0 Å². The topological polar surface area (TPSA) is 43.8 Å². The minimum atomic E-state index is 0.518. The highest BCUT2D eigenvalue weighted by molar-refractivity contribution is 6.30. The maximum absolute atomic E-state index is 5.96. The van der Waals surface area contributed by atoms with Crippen LogP contribution in [0.4, 0.5) is 0 Å². The van der Waals surface area contributed by atoms with Crippen LogP contribution in [-0.2, 0) is 6.54 Å². The van der Waals surface area contributed by atoms with Crippen molar-refractivity contribution in [3.8, 4) is 5.69 Å². The molecule has 2 rings (SSSR count). The lowest BCUT2D eigenvalue weighted by atomic mass is 10.2. The molecule has 0 saturated heterocycles. The van der Waals surface area contributed by atoms with Gasteiger partial charge in [-0.1, -0.05) is 11.6 Å². The van der Waals surface area contributed by atoms with Crippen LogP contribution in [0, 0.1) is 20.8 Å². The molecular formula is C13H16ClN3. The molecular weight excluding hydrogens is 234 g/mol. The molecule has 0 aliphatic heterocycles. The number of benzene rings is 1. The quantitative estimate of drug-likeness (QED) is 0.890. The molecule has 1 aromatic heterocycles. The van der Waals surface area contributed by atoms with Gasteiger partial charge in [0.25, 0.3) is 0 Å². The molecule has 2 aromatic rings. The normalized spacial score (nSPS) is 10.9. The number of halogens is 1. The van der Waals surface area contributed by atoms with Crippen LogP contribution >= 0.6 is 11.6 Å². The van der Waals surface area contributed by atoms with Crippen LogP contribution in [0.25, 0.3) is 5.69 Å². The highest BCUT2D eigenvalue weighted by atomic mass is 35.5. The van der Waals surface area contributed by atoms with Crippen molar-refractivity contribution in [3.63, 3.8) is 0 Å². The maximum atomic E-state index is 5.96. The molecule has 0 bridgehead atoms. The first-order chi connectivity index (χ1) is 8.04. The summed E-state index contributed by atoms with van der Waals surface area (Å²) in [4.78, 5) is 0. The van der Waals surface area contributed by atoms with Crippen LogP contribution in [0.1, 0.15) is 22.5 Å². The van der Waals surface area contributed by atoms with Crippen molar-refractivity contribution in [2.75, 3.05) is 0 Å². The Morgan fingerprint density at radius 1 is 1.29 bits per heavy atom. The lowest BCUT2D eigenvalue weighted by Gasteiger charge is -2.08. The van der Waals surface area contributed by atoms with E-state index < -0.39 is 0 Å². The molecule has 0 saturated carbocycles. The molecule has 0 aliphatic rings. The van der Waals surface area contributed by atoms with Crippen molar-refractivity contribution in [2.24, 2.45) is 5.73 Å². The molecule has 0 spiro atoms. The van der Waals surface area contributed by atoms with E-state index in [0.29, 0.717) is 6.54 Å². The Morgan fingerprint density at radius 2 is 2.00 bits per heavy atom. The van der Waals surface area contributed by atoms with Crippen molar-refractivity contribution in [3.05, 3.63) is 45.7 Å². The number of nitrogens with zero attached hydrogens (tertiary/aromatic N) is 2.